The Bertz CT molecular complexity index is 748. The Kier molecular flexibility index (Phi) is 7.67. The third-order valence-electron chi connectivity index (χ3n) is 4.05. The summed E-state index contributed by atoms with van der Waals surface area (Å²) in [4.78, 5) is 12.3. The average Bonchev–Trinajstić information content (AvgIpc) is 2.55. The molecule has 134 valence electrons. The molecule has 0 bridgehead atoms. The number of thioether (sulfide) groups is 1. The molecule has 1 amide bonds. The standard InChI is InChI=1S/C20H23Cl2NOS/c1-4-19(17-8-5-13(2)9-14(17)3)23-20(24)12-25-11-15-6-7-16(21)10-18(15)22/h5-10,19H,4,11-12H2,1-3H3,(H,23,24). The Morgan fingerprint density at radius 1 is 1.16 bits per heavy atom. The van der Waals surface area contributed by atoms with Gasteiger partial charge in [0.05, 0.1) is 11.8 Å². The van der Waals surface area contributed by atoms with Crippen LogP contribution in [0.4, 0.5) is 0 Å². The highest BCUT2D eigenvalue weighted by molar-refractivity contribution is 7.99. The fourth-order valence-corrected chi connectivity index (χ4v) is 4.14. The van der Waals surface area contributed by atoms with E-state index in [1.165, 1.54) is 16.7 Å². The van der Waals surface area contributed by atoms with Gasteiger partial charge in [-0.15, -0.1) is 11.8 Å². The van der Waals surface area contributed by atoms with Crippen molar-refractivity contribution in [1.82, 2.24) is 5.32 Å². The van der Waals surface area contributed by atoms with Crippen LogP contribution in [0.5, 0.6) is 0 Å². The van der Waals surface area contributed by atoms with Crippen LogP contribution in [0.1, 0.15) is 41.6 Å². The molecular weight excluding hydrogens is 373 g/mol. The lowest BCUT2D eigenvalue weighted by molar-refractivity contribution is -0.119. The minimum Gasteiger partial charge on any atom is -0.349 e. The van der Waals surface area contributed by atoms with Crippen LogP contribution in [-0.4, -0.2) is 11.7 Å². The van der Waals surface area contributed by atoms with Crippen LogP contribution in [-0.2, 0) is 10.5 Å². The predicted octanol–water partition coefficient (Wildman–Crippen LogP) is 6.11. The number of carbonyl (C=O) groups excluding carboxylic acids is 1. The van der Waals surface area contributed by atoms with E-state index in [1.54, 1.807) is 17.8 Å². The summed E-state index contributed by atoms with van der Waals surface area (Å²) in [5, 5.41) is 4.40. The molecule has 0 fully saturated rings. The topological polar surface area (TPSA) is 29.1 Å². The monoisotopic (exact) mass is 395 g/mol. The number of amides is 1. The predicted molar refractivity (Wildman–Crippen MR) is 110 cm³/mol. The SMILES string of the molecule is CCC(NC(=O)CSCc1ccc(Cl)cc1Cl)c1ccc(C)cc1C. The molecule has 1 N–H and O–H groups in total. The number of hydrogen-bond acceptors (Lipinski definition) is 2. The first-order chi connectivity index (χ1) is 11.9. The lowest BCUT2D eigenvalue weighted by Gasteiger charge is -2.20. The molecule has 1 unspecified atom stereocenters. The number of rotatable bonds is 7. The van der Waals surface area contributed by atoms with Gasteiger partial charge in [-0.3, -0.25) is 4.79 Å². The van der Waals surface area contributed by atoms with E-state index in [-0.39, 0.29) is 11.9 Å². The number of halogens is 2. The first-order valence-corrected chi connectivity index (χ1v) is 10.2. The molecule has 2 aromatic carbocycles. The third kappa shape index (κ3) is 5.95. The van der Waals surface area contributed by atoms with E-state index in [1.807, 2.05) is 12.1 Å². The highest BCUT2D eigenvalue weighted by atomic mass is 35.5. The molecule has 0 aromatic heterocycles. The van der Waals surface area contributed by atoms with E-state index in [0.29, 0.717) is 21.6 Å². The molecule has 2 rings (SSSR count). The second-order valence-electron chi connectivity index (χ2n) is 6.12. The van der Waals surface area contributed by atoms with Gasteiger partial charge in [0.1, 0.15) is 0 Å². The zero-order valence-corrected chi connectivity index (χ0v) is 17.1. The van der Waals surface area contributed by atoms with Gasteiger partial charge >= 0.3 is 0 Å². The Morgan fingerprint density at radius 2 is 1.92 bits per heavy atom. The summed E-state index contributed by atoms with van der Waals surface area (Å²) in [5.41, 5.74) is 4.63. The summed E-state index contributed by atoms with van der Waals surface area (Å²) in [5.74, 6) is 1.13. The smallest absolute Gasteiger partial charge is 0.230 e. The van der Waals surface area contributed by atoms with E-state index in [9.17, 15) is 4.79 Å². The summed E-state index contributed by atoms with van der Waals surface area (Å²) in [6.45, 7) is 6.26. The van der Waals surface area contributed by atoms with Crippen LogP contribution in [0.3, 0.4) is 0 Å². The zero-order valence-electron chi connectivity index (χ0n) is 14.7. The number of aryl methyl sites for hydroxylation is 2. The van der Waals surface area contributed by atoms with Gasteiger partial charge in [0.2, 0.25) is 5.91 Å². The molecule has 2 nitrogen and oxygen atoms in total. The molecular formula is C20H23Cl2NOS. The van der Waals surface area contributed by atoms with Crippen molar-refractivity contribution < 1.29 is 4.79 Å². The molecule has 0 saturated heterocycles. The van der Waals surface area contributed by atoms with Gasteiger partial charge in [-0.1, -0.05) is 60.0 Å². The highest BCUT2D eigenvalue weighted by Crippen LogP contribution is 2.25. The molecule has 5 heteroatoms. The third-order valence-corrected chi connectivity index (χ3v) is 5.62. The Balaban J connectivity index is 1.89. The Labute approximate surface area is 164 Å². The molecule has 1 atom stereocenters. The second-order valence-corrected chi connectivity index (χ2v) is 7.95. The van der Waals surface area contributed by atoms with Crippen molar-refractivity contribution >= 4 is 40.9 Å². The Morgan fingerprint density at radius 3 is 2.56 bits per heavy atom. The van der Waals surface area contributed by atoms with Crippen molar-refractivity contribution in [2.75, 3.05) is 5.75 Å². The van der Waals surface area contributed by atoms with E-state index >= 15 is 0 Å². The molecule has 0 saturated carbocycles. The van der Waals surface area contributed by atoms with Gasteiger partial charge in [0.15, 0.2) is 0 Å². The Hall–Kier alpha value is -1.16. The largest absolute Gasteiger partial charge is 0.349 e. The average molecular weight is 396 g/mol. The summed E-state index contributed by atoms with van der Waals surface area (Å²) in [6.07, 6.45) is 0.864. The normalized spacial score (nSPS) is 12.0. The van der Waals surface area contributed by atoms with E-state index < -0.39 is 0 Å². The minimum atomic E-state index is 0.0434. The van der Waals surface area contributed by atoms with Crippen molar-refractivity contribution in [2.45, 2.75) is 39.0 Å². The van der Waals surface area contributed by atoms with Crippen molar-refractivity contribution in [2.24, 2.45) is 0 Å². The summed E-state index contributed by atoms with van der Waals surface area (Å²) >= 11 is 13.6. The van der Waals surface area contributed by atoms with Gasteiger partial charge in [-0.2, -0.15) is 0 Å². The molecule has 0 spiro atoms. The molecule has 0 heterocycles. The maximum absolute atomic E-state index is 12.3. The van der Waals surface area contributed by atoms with Crippen LogP contribution in [0.25, 0.3) is 0 Å². The second kappa shape index (κ2) is 9.51. The van der Waals surface area contributed by atoms with Crippen molar-refractivity contribution in [3.8, 4) is 0 Å². The molecule has 2 aromatic rings. The first kappa shape index (κ1) is 20.2. The van der Waals surface area contributed by atoms with Crippen molar-refractivity contribution in [1.29, 1.82) is 0 Å². The van der Waals surface area contributed by atoms with Gasteiger partial charge in [-0.25, -0.2) is 0 Å². The van der Waals surface area contributed by atoms with Gasteiger partial charge in [-0.05, 0) is 49.1 Å². The fourth-order valence-electron chi connectivity index (χ4n) is 2.74. The van der Waals surface area contributed by atoms with E-state index in [2.05, 4.69) is 44.3 Å². The first-order valence-electron chi connectivity index (χ1n) is 8.29. The lowest BCUT2D eigenvalue weighted by Crippen LogP contribution is -2.30. The van der Waals surface area contributed by atoms with Crippen LogP contribution < -0.4 is 5.32 Å². The maximum atomic E-state index is 12.3. The van der Waals surface area contributed by atoms with Crippen LogP contribution in [0.15, 0.2) is 36.4 Å². The van der Waals surface area contributed by atoms with Crippen molar-refractivity contribution in [3.63, 3.8) is 0 Å². The van der Waals surface area contributed by atoms with Crippen LogP contribution in [0, 0.1) is 13.8 Å². The number of hydrogen-bond donors (Lipinski definition) is 1. The van der Waals surface area contributed by atoms with Crippen molar-refractivity contribution in [3.05, 3.63) is 68.7 Å². The minimum absolute atomic E-state index is 0.0434. The van der Waals surface area contributed by atoms with Gasteiger partial charge in [0.25, 0.3) is 0 Å². The van der Waals surface area contributed by atoms with Crippen LogP contribution in [0.2, 0.25) is 10.0 Å². The van der Waals surface area contributed by atoms with E-state index in [4.69, 9.17) is 23.2 Å². The van der Waals surface area contributed by atoms with E-state index in [0.717, 1.165) is 12.0 Å². The van der Waals surface area contributed by atoms with Gasteiger partial charge in [0, 0.05) is 15.8 Å². The molecule has 0 radical (unpaired) electrons. The van der Waals surface area contributed by atoms with Gasteiger partial charge < -0.3 is 5.32 Å². The summed E-state index contributed by atoms with van der Waals surface area (Å²) in [6, 6.07) is 11.9. The zero-order chi connectivity index (χ0) is 18.4. The quantitative estimate of drug-likeness (QED) is 0.612. The lowest BCUT2D eigenvalue weighted by atomic mass is 9.97. The molecule has 25 heavy (non-hydrogen) atoms. The molecule has 0 aliphatic heterocycles. The number of nitrogens with one attached hydrogen (secondary N) is 1. The maximum Gasteiger partial charge on any atom is 0.230 e. The summed E-state index contributed by atoms with van der Waals surface area (Å²) in [7, 11) is 0. The number of carbonyl (C=O) groups is 1. The van der Waals surface area contributed by atoms with Crippen LogP contribution >= 0.6 is 35.0 Å². The molecule has 0 aliphatic rings. The fraction of sp³-hybridized carbons (Fsp3) is 0.350. The summed E-state index contributed by atoms with van der Waals surface area (Å²) < 4.78 is 0. The highest BCUT2D eigenvalue weighted by Gasteiger charge is 2.15. The number of benzene rings is 2. The molecule has 0 aliphatic carbocycles.